The van der Waals surface area contributed by atoms with Gasteiger partial charge < -0.3 is 20.3 Å². The van der Waals surface area contributed by atoms with E-state index >= 15 is 0 Å². The smallest absolute Gasteiger partial charge is 0.313 e. The van der Waals surface area contributed by atoms with Crippen LogP contribution in [-0.2, 0) is 9.59 Å². The molecule has 1 aliphatic rings. The number of piperazine rings is 1. The van der Waals surface area contributed by atoms with Gasteiger partial charge in [-0.25, -0.2) is 4.39 Å². The molecule has 160 valence electrons. The van der Waals surface area contributed by atoms with Crippen molar-refractivity contribution in [3.05, 3.63) is 54.3 Å². The summed E-state index contributed by atoms with van der Waals surface area (Å²) in [5.74, 6) is -0.881. The predicted molar refractivity (Wildman–Crippen MR) is 114 cm³/mol. The molecule has 2 aromatic rings. The second-order valence-electron chi connectivity index (χ2n) is 7.10. The molecular weight excluding hydrogens is 387 g/mol. The van der Waals surface area contributed by atoms with Gasteiger partial charge in [-0.05, 0) is 61.5 Å². The molecule has 8 heteroatoms. The molecule has 0 unspecified atom stereocenters. The molecule has 0 atom stereocenters. The van der Waals surface area contributed by atoms with Crippen molar-refractivity contribution in [2.45, 2.75) is 6.42 Å². The van der Waals surface area contributed by atoms with Crippen molar-refractivity contribution >= 4 is 23.2 Å². The molecule has 0 radical (unpaired) electrons. The normalized spacial score (nSPS) is 14.3. The van der Waals surface area contributed by atoms with Gasteiger partial charge in [-0.3, -0.25) is 14.5 Å². The van der Waals surface area contributed by atoms with Gasteiger partial charge >= 0.3 is 11.8 Å². The van der Waals surface area contributed by atoms with Gasteiger partial charge in [0.2, 0.25) is 0 Å². The molecule has 30 heavy (non-hydrogen) atoms. The number of nitrogens with zero attached hydrogens (tertiary/aromatic N) is 2. The Hall–Kier alpha value is -3.13. The molecule has 0 aliphatic carbocycles. The lowest BCUT2D eigenvalue weighted by atomic mass is 10.2. The van der Waals surface area contributed by atoms with Crippen LogP contribution >= 0.6 is 0 Å². The maximum Gasteiger partial charge on any atom is 0.313 e. The lowest BCUT2D eigenvalue weighted by molar-refractivity contribution is -0.136. The van der Waals surface area contributed by atoms with Crippen molar-refractivity contribution in [3.8, 4) is 5.75 Å². The third kappa shape index (κ3) is 6.18. The van der Waals surface area contributed by atoms with Crippen molar-refractivity contribution in [1.29, 1.82) is 0 Å². The van der Waals surface area contributed by atoms with Gasteiger partial charge in [0.1, 0.15) is 11.6 Å². The second kappa shape index (κ2) is 10.6. The highest BCUT2D eigenvalue weighted by atomic mass is 19.1. The van der Waals surface area contributed by atoms with Crippen LogP contribution in [-0.4, -0.2) is 63.1 Å². The van der Waals surface area contributed by atoms with E-state index < -0.39 is 11.8 Å². The number of hydrogen-bond donors (Lipinski definition) is 2. The third-order valence-electron chi connectivity index (χ3n) is 5.05. The Balaban J connectivity index is 1.31. The first-order valence-corrected chi connectivity index (χ1v) is 10.0. The quantitative estimate of drug-likeness (QED) is 0.536. The molecule has 1 saturated heterocycles. The Bertz CT molecular complexity index is 834. The maximum atomic E-state index is 13.0. The fourth-order valence-corrected chi connectivity index (χ4v) is 3.33. The van der Waals surface area contributed by atoms with Crippen molar-refractivity contribution in [2.24, 2.45) is 0 Å². The van der Waals surface area contributed by atoms with Gasteiger partial charge in [-0.2, -0.15) is 0 Å². The summed E-state index contributed by atoms with van der Waals surface area (Å²) in [4.78, 5) is 28.5. The lowest BCUT2D eigenvalue weighted by Crippen LogP contribution is -2.47. The summed E-state index contributed by atoms with van der Waals surface area (Å²) in [5, 5.41) is 5.22. The largest absolute Gasteiger partial charge is 0.497 e. The van der Waals surface area contributed by atoms with Gasteiger partial charge in [-0.1, -0.05) is 0 Å². The summed E-state index contributed by atoms with van der Waals surface area (Å²) < 4.78 is 18.1. The van der Waals surface area contributed by atoms with Crippen LogP contribution in [0.3, 0.4) is 0 Å². The van der Waals surface area contributed by atoms with Crippen LogP contribution in [0.1, 0.15) is 6.42 Å². The Labute approximate surface area is 175 Å². The summed E-state index contributed by atoms with van der Waals surface area (Å²) in [5.41, 5.74) is 1.57. The van der Waals surface area contributed by atoms with E-state index in [0.29, 0.717) is 18.0 Å². The van der Waals surface area contributed by atoms with E-state index in [-0.39, 0.29) is 5.82 Å². The number of anilines is 2. The van der Waals surface area contributed by atoms with Crippen molar-refractivity contribution in [1.82, 2.24) is 10.2 Å². The van der Waals surface area contributed by atoms with Crippen molar-refractivity contribution < 1.29 is 18.7 Å². The van der Waals surface area contributed by atoms with Crippen LogP contribution in [0.15, 0.2) is 48.5 Å². The van der Waals surface area contributed by atoms with Crippen LogP contribution in [0.4, 0.5) is 15.8 Å². The molecule has 3 rings (SSSR count). The van der Waals surface area contributed by atoms with Crippen LogP contribution in [0.25, 0.3) is 0 Å². The van der Waals surface area contributed by atoms with Gasteiger partial charge in [0, 0.05) is 44.1 Å². The Morgan fingerprint density at radius 1 is 0.967 bits per heavy atom. The summed E-state index contributed by atoms with van der Waals surface area (Å²) in [7, 11) is 1.56. The Kier molecular flexibility index (Phi) is 7.62. The van der Waals surface area contributed by atoms with Crippen LogP contribution in [0.5, 0.6) is 5.75 Å². The molecule has 2 N–H and O–H groups in total. The number of nitrogens with one attached hydrogen (secondary N) is 2. The minimum Gasteiger partial charge on any atom is -0.497 e. The maximum absolute atomic E-state index is 13.0. The van der Waals surface area contributed by atoms with Crippen molar-refractivity contribution in [2.75, 3.05) is 56.6 Å². The Morgan fingerprint density at radius 3 is 2.27 bits per heavy atom. The molecule has 0 aromatic heterocycles. The highest BCUT2D eigenvalue weighted by molar-refractivity contribution is 6.39. The highest BCUT2D eigenvalue weighted by Crippen LogP contribution is 2.17. The van der Waals surface area contributed by atoms with E-state index in [1.807, 2.05) is 0 Å². The predicted octanol–water partition coefficient (Wildman–Crippen LogP) is 2.10. The van der Waals surface area contributed by atoms with Crippen LogP contribution < -0.4 is 20.3 Å². The molecular formula is C22H27FN4O3. The van der Waals surface area contributed by atoms with E-state index in [4.69, 9.17) is 4.74 Å². The minimum atomic E-state index is -0.687. The number of hydrogen-bond acceptors (Lipinski definition) is 5. The number of halogens is 1. The van der Waals surface area contributed by atoms with Crippen LogP contribution in [0.2, 0.25) is 0 Å². The zero-order valence-corrected chi connectivity index (χ0v) is 17.1. The summed E-state index contributed by atoms with van der Waals surface area (Å²) in [6.07, 6.45) is 0.762. The number of ether oxygens (including phenoxy) is 1. The molecule has 0 saturated carbocycles. The zero-order valence-electron chi connectivity index (χ0n) is 17.1. The second-order valence-corrected chi connectivity index (χ2v) is 7.10. The standard InChI is InChI=1S/C22H27FN4O3/c1-30-20-9-5-18(6-10-20)25-22(29)21(28)24-11-2-12-26-13-15-27(16-14-26)19-7-3-17(23)4-8-19/h3-10H,2,11-16H2,1H3,(H,24,28)(H,25,29). The van der Waals surface area contributed by atoms with Crippen molar-refractivity contribution in [3.63, 3.8) is 0 Å². The Morgan fingerprint density at radius 2 is 1.63 bits per heavy atom. The van der Waals surface area contributed by atoms with Gasteiger partial charge in [0.15, 0.2) is 0 Å². The molecule has 7 nitrogen and oxygen atoms in total. The van der Waals surface area contributed by atoms with E-state index in [1.54, 1.807) is 43.5 Å². The first-order chi connectivity index (χ1) is 14.5. The first kappa shape index (κ1) is 21.6. The van der Waals surface area contributed by atoms with E-state index in [9.17, 15) is 14.0 Å². The zero-order chi connectivity index (χ0) is 21.3. The molecule has 1 aliphatic heterocycles. The number of methoxy groups -OCH3 is 1. The summed E-state index contributed by atoms with van der Waals surface area (Å²) >= 11 is 0. The minimum absolute atomic E-state index is 0.225. The van der Waals surface area contributed by atoms with Gasteiger partial charge in [-0.15, -0.1) is 0 Å². The van der Waals surface area contributed by atoms with E-state index in [1.165, 1.54) is 12.1 Å². The molecule has 1 fully saturated rings. The highest BCUT2D eigenvalue weighted by Gasteiger charge is 2.17. The number of rotatable bonds is 7. The number of benzene rings is 2. The average Bonchev–Trinajstić information content (AvgIpc) is 2.78. The van der Waals surface area contributed by atoms with Gasteiger partial charge in [0.05, 0.1) is 7.11 Å². The number of amides is 2. The fraction of sp³-hybridized carbons (Fsp3) is 0.364. The molecule has 2 amide bonds. The van der Waals surface area contributed by atoms with E-state index in [0.717, 1.165) is 44.8 Å². The summed E-state index contributed by atoms with van der Waals surface area (Å²) in [6.45, 7) is 4.85. The van der Waals surface area contributed by atoms with Crippen LogP contribution in [0, 0.1) is 5.82 Å². The SMILES string of the molecule is COc1ccc(NC(=O)C(=O)NCCCN2CCN(c3ccc(F)cc3)CC2)cc1. The molecule has 1 heterocycles. The van der Waals surface area contributed by atoms with E-state index in [2.05, 4.69) is 20.4 Å². The topological polar surface area (TPSA) is 73.9 Å². The lowest BCUT2D eigenvalue weighted by Gasteiger charge is -2.36. The molecule has 0 spiro atoms. The fourth-order valence-electron chi connectivity index (χ4n) is 3.33. The number of carbonyl (C=O) groups excluding carboxylic acids is 2. The monoisotopic (exact) mass is 414 g/mol. The average molecular weight is 414 g/mol. The third-order valence-corrected chi connectivity index (χ3v) is 5.05. The first-order valence-electron chi connectivity index (χ1n) is 10.0. The number of carbonyl (C=O) groups is 2. The summed E-state index contributed by atoms with van der Waals surface area (Å²) in [6, 6.07) is 13.3. The molecule has 0 bridgehead atoms. The molecule has 2 aromatic carbocycles. The van der Waals surface area contributed by atoms with Gasteiger partial charge in [0.25, 0.3) is 0 Å².